The monoisotopic (exact) mass is 267 g/mol. The highest BCUT2D eigenvalue weighted by Gasteiger charge is 2.32. The van der Waals surface area contributed by atoms with E-state index in [1.54, 1.807) is 0 Å². The minimum atomic E-state index is -4.51. The molecule has 0 radical (unpaired) electrons. The molecule has 0 aromatic carbocycles. The zero-order valence-corrected chi connectivity index (χ0v) is 9.76. The van der Waals surface area contributed by atoms with Gasteiger partial charge in [-0.1, -0.05) is 11.6 Å². The van der Waals surface area contributed by atoms with Crippen molar-refractivity contribution in [2.45, 2.75) is 19.0 Å². The smallest absolute Gasteiger partial charge is 0.417 e. The second-order valence-corrected chi connectivity index (χ2v) is 3.74. The van der Waals surface area contributed by atoms with Crippen molar-refractivity contribution in [3.63, 3.8) is 0 Å². The number of alkyl halides is 3. The van der Waals surface area contributed by atoms with Gasteiger partial charge in [-0.15, -0.1) is 0 Å². The van der Waals surface area contributed by atoms with Crippen molar-refractivity contribution in [2.24, 2.45) is 0 Å². The Balaban J connectivity index is 3.10. The van der Waals surface area contributed by atoms with Crippen LogP contribution in [0.4, 0.5) is 13.2 Å². The van der Waals surface area contributed by atoms with E-state index in [0.717, 1.165) is 6.07 Å². The Morgan fingerprint density at radius 1 is 1.53 bits per heavy atom. The molecule has 0 bridgehead atoms. The Hall–Kier alpha value is -1.30. The van der Waals surface area contributed by atoms with Crippen molar-refractivity contribution in [2.75, 3.05) is 7.11 Å². The maximum Gasteiger partial charge on any atom is 0.417 e. The molecule has 94 valence electrons. The summed E-state index contributed by atoms with van der Waals surface area (Å²) in [5, 5.41) is -0.210. The Morgan fingerprint density at radius 2 is 2.12 bits per heavy atom. The number of nitrogens with zero attached hydrogens (tertiary/aromatic N) is 1. The van der Waals surface area contributed by atoms with Gasteiger partial charge >= 0.3 is 12.1 Å². The van der Waals surface area contributed by atoms with E-state index in [4.69, 9.17) is 11.6 Å². The first-order valence-corrected chi connectivity index (χ1v) is 4.95. The molecule has 1 heterocycles. The van der Waals surface area contributed by atoms with Gasteiger partial charge in [0.25, 0.3) is 0 Å². The summed E-state index contributed by atoms with van der Waals surface area (Å²) >= 11 is 5.66. The first-order chi connectivity index (χ1) is 7.77. The lowest BCUT2D eigenvalue weighted by molar-refractivity contribution is -0.142. The van der Waals surface area contributed by atoms with Crippen LogP contribution in [0.3, 0.4) is 0 Å². The van der Waals surface area contributed by atoms with Gasteiger partial charge in [0.2, 0.25) is 0 Å². The van der Waals surface area contributed by atoms with E-state index in [-0.39, 0.29) is 10.7 Å². The minimum absolute atomic E-state index is 0.0616. The van der Waals surface area contributed by atoms with Crippen LogP contribution in [-0.2, 0) is 15.7 Å². The van der Waals surface area contributed by atoms with Crippen LogP contribution in [0.1, 0.15) is 24.1 Å². The summed E-state index contributed by atoms with van der Waals surface area (Å²) in [4.78, 5) is 14.8. The number of aromatic nitrogens is 1. The Kier molecular flexibility index (Phi) is 3.98. The van der Waals surface area contributed by atoms with Gasteiger partial charge in [0.15, 0.2) is 0 Å². The van der Waals surface area contributed by atoms with E-state index < -0.39 is 23.6 Å². The average molecular weight is 268 g/mol. The van der Waals surface area contributed by atoms with Crippen LogP contribution >= 0.6 is 11.6 Å². The van der Waals surface area contributed by atoms with Gasteiger partial charge in [0, 0.05) is 6.20 Å². The van der Waals surface area contributed by atoms with E-state index in [9.17, 15) is 18.0 Å². The number of rotatable bonds is 2. The van der Waals surface area contributed by atoms with Crippen molar-refractivity contribution in [3.8, 4) is 0 Å². The molecule has 0 aliphatic carbocycles. The summed E-state index contributed by atoms with van der Waals surface area (Å²) in [6.45, 7) is 1.45. The maximum atomic E-state index is 12.3. The van der Waals surface area contributed by atoms with E-state index >= 15 is 0 Å². The summed E-state index contributed by atoms with van der Waals surface area (Å²) in [5.41, 5.74) is -0.894. The van der Waals surface area contributed by atoms with Crippen molar-refractivity contribution >= 4 is 17.6 Å². The third kappa shape index (κ3) is 3.09. The lowest BCUT2D eigenvalue weighted by atomic mass is 10.1. The van der Waals surface area contributed by atoms with Gasteiger partial charge in [0.1, 0.15) is 0 Å². The third-order valence-electron chi connectivity index (χ3n) is 2.16. The van der Waals surface area contributed by atoms with Crippen molar-refractivity contribution in [1.29, 1.82) is 0 Å². The molecule has 0 unspecified atom stereocenters. The van der Waals surface area contributed by atoms with Crippen LogP contribution < -0.4 is 0 Å². The molecule has 7 heteroatoms. The molecule has 17 heavy (non-hydrogen) atoms. The van der Waals surface area contributed by atoms with Crippen LogP contribution in [0.25, 0.3) is 0 Å². The molecule has 1 rings (SSSR count). The lowest BCUT2D eigenvalue weighted by Gasteiger charge is -2.12. The largest absolute Gasteiger partial charge is 0.469 e. The number of carbonyl (C=O) groups excluding carboxylic acids is 1. The zero-order valence-electron chi connectivity index (χ0n) is 9.01. The van der Waals surface area contributed by atoms with Gasteiger partial charge in [0.05, 0.1) is 29.3 Å². The topological polar surface area (TPSA) is 39.2 Å². The van der Waals surface area contributed by atoms with Gasteiger partial charge in [-0.25, -0.2) is 0 Å². The van der Waals surface area contributed by atoms with Crippen LogP contribution in [0.15, 0.2) is 12.3 Å². The van der Waals surface area contributed by atoms with E-state index in [1.807, 2.05) is 0 Å². The van der Waals surface area contributed by atoms with E-state index in [2.05, 4.69) is 9.72 Å². The number of ether oxygens (including phenoxy) is 1. The van der Waals surface area contributed by atoms with Gasteiger partial charge in [-0.3, -0.25) is 9.78 Å². The highest BCUT2D eigenvalue weighted by Crippen LogP contribution is 2.32. The average Bonchev–Trinajstić information content (AvgIpc) is 2.25. The fraction of sp³-hybridized carbons (Fsp3) is 0.400. The first-order valence-electron chi connectivity index (χ1n) is 4.57. The first kappa shape index (κ1) is 13.8. The Morgan fingerprint density at radius 3 is 2.53 bits per heavy atom. The van der Waals surface area contributed by atoms with Gasteiger partial charge in [-0.05, 0) is 13.0 Å². The van der Waals surface area contributed by atoms with Crippen LogP contribution in [0, 0.1) is 0 Å². The molecule has 0 amide bonds. The van der Waals surface area contributed by atoms with E-state index in [1.165, 1.54) is 14.0 Å². The molecule has 0 saturated carbocycles. The summed E-state index contributed by atoms with van der Waals surface area (Å²) in [6.07, 6.45) is -3.87. The van der Waals surface area contributed by atoms with Gasteiger partial charge < -0.3 is 4.74 Å². The highest BCUT2D eigenvalue weighted by atomic mass is 35.5. The molecule has 0 spiro atoms. The highest BCUT2D eigenvalue weighted by molar-refractivity contribution is 6.31. The fourth-order valence-electron chi connectivity index (χ4n) is 1.21. The molecule has 0 fully saturated rings. The molecule has 0 N–H and O–H groups in total. The third-order valence-corrected chi connectivity index (χ3v) is 2.46. The zero-order chi connectivity index (χ0) is 13.2. The molecule has 0 aliphatic heterocycles. The normalized spacial score (nSPS) is 13.3. The van der Waals surface area contributed by atoms with Crippen molar-refractivity contribution in [3.05, 3.63) is 28.5 Å². The molecular formula is C10H9ClF3NO2. The summed E-state index contributed by atoms with van der Waals surface area (Å²) in [7, 11) is 1.18. The van der Waals surface area contributed by atoms with Crippen LogP contribution in [0.2, 0.25) is 5.02 Å². The molecular weight excluding hydrogens is 259 g/mol. The predicted octanol–water partition coefficient (Wildman–Crippen LogP) is 3.03. The number of esters is 1. The molecule has 1 aromatic heterocycles. The summed E-state index contributed by atoms with van der Waals surface area (Å²) in [6, 6.07) is 0.739. The number of hydrogen-bond donors (Lipinski definition) is 0. The fourth-order valence-corrected chi connectivity index (χ4v) is 1.54. The molecule has 1 atom stereocenters. The van der Waals surface area contributed by atoms with Crippen molar-refractivity contribution in [1.82, 2.24) is 4.98 Å². The SMILES string of the molecule is COC(=O)[C@H](C)c1ncc(C(F)(F)F)cc1Cl. The standard InChI is InChI=1S/C10H9ClF3NO2/c1-5(9(16)17-2)8-7(11)3-6(4-15-8)10(12,13)14/h3-5H,1-2H3/t5-/m1/s1. The second-order valence-electron chi connectivity index (χ2n) is 3.33. The second kappa shape index (κ2) is 4.91. The number of halogens is 4. The lowest BCUT2D eigenvalue weighted by Crippen LogP contribution is -2.14. The molecule has 3 nitrogen and oxygen atoms in total. The molecule has 1 aromatic rings. The Labute approximate surface area is 101 Å². The molecule has 0 aliphatic rings. The Bertz CT molecular complexity index is 434. The number of pyridine rings is 1. The minimum Gasteiger partial charge on any atom is -0.469 e. The number of carbonyl (C=O) groups is 1. The molecule has 0 saturated heterocycles. The summed E-state index contributed by atoms with van der Waals surface area (Å²) < 4.78 is 41.5. The number of hydrogen-bond acceptors (Lipinski definition) is 3. The van der Waals surface area contributed by atoms with Crippen LogP contribution in [-0.4, -0.2) is 18.1 Å². The number of methoxy groups -OCH3 is 1. The van der Waals surface area contributed by atoms with Crippen LogP contribution in [0.5, 0.6) is 0 Å². The summed E-state index contributed by atoms with van der Waals surface area (Å²) in [5.74, 6) is -1.42. The van der Waals surface area contributed by atoms with Crippen molar-refractivity contribution < 1.29 is 22.7 Å². The van der Waals surface area contributed by atoms with E-state index in [0.29, 0.717) is 6.20 Å². The van der Waals surface area contributed by atoms with Gasteiger partial charge in [-0.2, -0.15) is 13.2 Å². The predicted molar refractivity (Wildman–Crippen MR) is 54.7 cm³/mol. The quantitative estimate of drug-likeness (QED) is 0.773. The maximum absolute atomic E-state index is 12.3.